The first kappa shape index (κ1) is 32.5. The molecule has 2 aromatic carbocycles. The van der Waals surface area contributed by atoms with E-state index in [0.717, 1.165) is 12.0 Å². The molecule has 6 nitrogen and oxygen atoms in total. The van der Waals surface area contributed by atoms with Gasteiger partial charge in [0.05, 0.1) is 35.5 Å². The van der Waals surface area contributed by atoms with E-state index in [0.29, 0.717) is 34.5 Å². The number of rotatable bonds is 7. The van der Waals surface area contributed by atoms with Crippen LogP contribution in [0.4, 0.5) is 36.4 Å². The van der Waals surface area contributed by atoms with Crippen molar-refractivity contribution in [3.63, 3.8) is 0 Å². The summed E-state index contributed by atoms with van der Waals surface area (Å²) in [6.07, 6.45) is -9.00. The van der Waals surface area contributed by atoms with Gasteiger partial charge in [-0.1, -0.05) is 6.07 Å². The highest BCUT2D eigenvalue weighted by molar-refractivity contribution is 6.03. The van der Waals surface area contributed by atoms with E-state index in [1.165, 1.54) is 51.4 Å². The van der Waals surface area contributed by atoms with Gasteiger partial charge in [0.15, 0.2) is 0 Å². The van der Waals surface area contributed by atoms with Gasteiger partial charge in [-0.2, -0.15) is 26.3 Å². The quantitative estimate of drug-likeness (QED) is 0.258. The van der Waals surface area contributed by atoms with E-state index in [-0.39, 0.29) is 18.2 Å². The number of amides is 1. The zero-order valence-electron chi connectivity index (χ0n) is 23.2. The number of hydrogen-bond donors (Lipinski definition) is 1. The van der Waals surface area contributed by atoms with Crippen molar-refractivity contribution < 1.29 is 45.1 Å². The molecule has 42 heavy (non-hydrogen) atoms. The highest BCUT2D eigenvalue weighted by Crippen LogP contribution is 2.41. The van der Waals surface area contributed by atoms with Gasteiger partial charge in [0.25, 0.3) is 0 Å². The Bertz CT molecular complexity index is 1470. The predicted molar refractivity (Wildman–Crippen MR) is 141 cm³/mol. The van der Waals surface area contributed by atoms with Crippen LogP contribution in [0.3, 0.4) is 0 Å². The van der Waals surface area contributed by atoms with Crippen molar-refractivity contribution in [2.75, 3.05) is 19.1 Å². The second-order valence-corrected chi connectivity index (χ2v) is 10.3. The topological polar surface area (TPSA) is 85.5 Å². The normalized spacial score (nSPS) is 13.1. The maximum Gasteiger partial charge on any atom is 0.416 e. The average Bonchev–Trinajstić information content (AvgIpc) is 2.90. The van der Waals surface area contributed by atoms with Crippen molar-refractivity contribution >= 4 is 17.6 Å². The zero-order valence-corrected chi connectivity index (χ0v) is 23.2. The molecular weight excluding hydrogens is 571 g/mol. The fourth-order valence-electron chi connectivity index (χ4n) is 4.44. The summed E-state index contributed by atoms with van der Waals surface area (Å²) in [5.41, 5.74) is 2.06. The maximum atomic E-state index is 13.9. The molecule has 0 aliphatic rings. The number of pyridine rings is 1. The van der Waals surface area contributed by atoms with Crippen molar-refractivity contribution in [2.24, 2.45) is 5.73 Å². The summed E-state index contributed by atoms with van der Waals surface area (Å²) < 4.78 is 99.7. The zero-order chi connectivity index (χ0) is 31.8. The van der Waals surface area contributed by atoms with Crippen LogP contribution in [0.1, 0.15) is 41.8 Å². The smallest absolute Gasteiger partial charge is 0.416 e. The standard InChI is InChI=1S/C29H28F7N3O3/c1-15-8-19(30)6-7-21(15)22-12-20(13-23(37)25(40)42-5)38-14-24(22)39(4)26(41)27(2,3)16-9-17(28(31,32)33)11-18(10-16)29(34,35)36/h6-12,14,23H,13,37H2,1-5H3/t23-/m1/s1. The lowest BCUT2D eigenvalue weighted by molar-refractivity contribution is -0.144. The Balaban J connectivity index is 2.15. The van der Waals surface area contributed by atoms with Gasteiger partial charge >= 0.3 is 18.3 Å². The van der Waals surface area contributed by atoms with E-state index in [1.54, 1.807) is 6.92 Å². The Hall–Kier alpha value is -4.00. The van der Waals surface area contributed by atoms with Crippen molar-refractivity contribution in [1.29, 1.82) is 0 Å². The number of likely N-dealkylation sites (N-methyl/N-ethyl adjacent to an activating group) is 1. The third-order valence-electron chi connectivity index (χ3n) is 6.86. The second kappa shape index (κ2) is 11.7. The number of halogens is 7. The molecule has 3 rings (SSSR count). The molecule has 0 fully saturated rings. The molecule has 0 saturated carbocycles. The third kappa shape index (κ3) is 6.89. The number of alkyl halides is 6. The Kier molecular flexibility index (Phi) is 9.06. The Morgan fingerprint density at radius 2 is 1.48 bits per heavy atom. The maximum absolute atomic E-state index is 13.9. The number of esters is 1. The molecule has 1 atom stereocenters. The van der Waals surface area contributed by atoms with E-state index in [9.17, 15) is 40.3 Å². The van der Waals surface area contributed by atoms with Gasteiger partial charge in [-0.25, -0.2) is 4.39 Å². The van der Waals surface area contributed by atoms with Crippen LogP contribution in [-0.4, -0.2) is 37.1 Å². The molecule has 0 bridgehead atoms. The lowest BCUT2D eigenvalue weighted by Crippen LogP contribution is -2.42. The largest absolute Gasteiger partial charge is 0.468 e. The molecule has 0 aliphatic heterocycles. The van der Waals surface area contributed by atoms with Crippen LogP contribution in [0.15, 0.2) is 48.7 Å². The highest BCUT2D eigenvalue weighted by Gasteiger charge is 2.41. The predicted octanol–water partition coefficient (Wildman–Crippen LogP) is 6.22. The number of carbonyl (C=O) groups excluding carboxylic acids is 2. The summed E-state index contributed by atoms with van der Waals surface area (Å²) in [6, 6.07) is 5.33. The first-order chi connectivity index (χ1) is 19.3. The summed E-state index contributed by atoms with van der Waals surface area (Å²) >= 11 is 0. The van der Waals surface area contributed by atoms with Crippen molar-refractivity contribution in [2.45, 2.75) is 51.0 Å². The first-order valence-corrected chi connectivity index (χ1v) is 12.4. The van der Waals surface area contributed by atoms with E-state index < -0.39 is 58.2 Å². The fourth-order valence-corrected chi connectivity index (χ4v) is 4.44. The minimum atomic E-state index is -5.10. The molecule has 0 saturated heterocycles. The molecule has 1 heterocycles. The number of anilines is 1. The van der Waals surface area contributed by atoms with Crippen LogP contribution in [0.25, 0.3) is 11.1 Å². The molecule has 226 valence electrons. The van der Waals surface area contributed by atoms with E-state index in [4.69, 9.17) is 5.73 Å². The average molecular weight is 600 g/mol. The SMILES string of the molecule is COC(=O)[C@H](N)Cc1cc(-c2ccc(F)cc2C)c(N(C)C(=O)C(C)(C)c2cc(C(F)(F)F)cc(C(F)(F)F)c2)cn1. The molecule has 3 aromatic rings. The van der Waals surface area contributed by atoms with Crippen LogP contribution < -0.4 is 10.6 Å². The van der Waals surface area contributed by atoms with Crippen LogP contribution in [0.2, 0.25) is 0 Å². The first-order valence-electron chi connectivity index (χ1n) is 12.4. The number of aromatic nitrogens is 1. The molecule has 1 aromatic heterocycles. The molecule has 0 radical (unpaired) electrons. The molecule has 2 N–H and O–H groups in total. The third-order valence-corrected chi connectivity index (χ3v) is 6.86. The van der Waals surface area contributed by atoms with Gasteiger partial charge in [0.2, 0.25) is 5.91 Å². The number of aryl methyl sites for hydroxylation is 1. The minimum Gasteiger partial charge on any atom is -0.468 e. The minimum absolute atomic E-state index is 0.00906. The second-order valence-electron chi connectivity index (χ2n) is 10.3. The summed E-state index contributed by atoms with van der Waals surface area (Å²) in [6.45, 7) is 4.03. The van der Waals surface area contributed by atoms with Crippen molar-refractivity contribution in [3.8, 4) is 11.1 Å². The number of nitrogens with zero attached hydrogens (tertiary/aromatic N) is 2. The lowest BCUT2D eigenvalue weighted by Gasteiger charge is -2.32. The van der Waals surface area contributed by atoms with E-state index in [2.05, 4.69) is 9.72 Å². The van der Waals surface area contributed by atoms with Gasteiger partial charge in [0.1, 0.15) is 11.9 Å². The molecular formula is C29H28F7N3O3. The lowest BCUT2D eigenvalue weighted by atomic mass is 9.81. The number of hydrogen-bond acceptors (Lipinski definition) is 5. The van der Waals surface area contributed by atoms with Gasteiger partial charge in [-0.05, 0) is 73.9 Å². The monoisotopic (exact) mass is 599 g/mol. The van der Waals surface area contributed by atoms with Crippen LogP contribution in [-0.2, 0) is 38.5 Å². The molecule has 0 unspecified atom stereocenters. The number of ether oxygens (including phenoxy) is 1. The van der Waals surface area contributed by atoms with Gasteiger partial charge in [-0.15, -0.1) is 0 Å². The van der Waals surface area contributed by atoms with Gasteiger partial charge in [0, 0.05) is 24.7 Å². The number of nitrogens with two attached hydrogens (primary N) is 1. The van der Waals surface area contributed by atoms with E-state index in [1.807, 2.05) is 0 Å². The Morgan fingerprint density at radius 1 is 0.929 bits per heavy atom. The molecule has 1 amide bonds. The number of benzene rings is 2. The molecule has 13 heteroatoms. The van der Waals surface area contributed by atoms with Crippen LogP contribution in [0.5, 0.6) is 0 Å². The van der Waals surface area contributed by atoms with Crippen molar-refractivity contribution in [1.82, 2.24) is 4.98 Å². The number of carbonyl (C=O) groups is 2. The molecule has 0 aliphatic carbocycles. The summed E-state index contributed by atoms with van der Waals surface area (Å²) in [5, 5.41) is 0. The van der Waals surface area contributed by atoms with Crippen molar-refractivity contribution in [3.05, 3.63) is 82.4 Å². The van der Waals surface area contributed by atoms with Crippen LogP contribution in [0, 0.1) is 12.7 Å². The summed E-state index contributed by atoms with van der Waals surface area (Å²) in [7, 11) is 2.46. The van der Waals surface area contributed by atoms with Gasteiger partial charge in [-0.3, -0.25) is 14.6 Å². The number of methoxy groups -OCH3 is 1. The Labute approximate surface area is 237 Å². The summed E-state index contributed by atoms with van der Waals surface area (Å²) in [5.74, 6) is -2.08. The molecule has 0 spiro atoms. The van der Waals surface area contributed by atoms with Crippen LogP contribution >= 0.6 is 0 Å². The Morgan fingerprint density at radius 3 is 1.98 bits per heavy atom. The van der Waals surface area contributed by atoms with E-state index >= 15 is 0 Å². The highest BCUT2D eigenvalue weighted by atomic mass is 19.4. The fraction of sp³-hybridized carbons (Fsp3) is 0.345. The summed E-state index contributed by atoms with van der Waals surface area (Å²) in [4.78, 5) is 31.0. The van der Waals surface area contributed by atoms with Gasteiger partial charge < -0.3 is 15.4 Å².